The van der Waals surface area contributed by atoms with Crippen LogP contribution in [0.5, 0.6) is 0 Å². The number of thiocarbonyl (C=S) groups is 1. The van der Waals surface area contributed by atoms with Gasteiger partial charge < -0.3 is 15.5 Å². The molecule has 1 aliphatic heterocycles. The molecule has 0 bridgehead atoms. The van der Waals surface area contributed by atoms with Gasteiger partial charge in [-0.3, -0.25) is 15.6 Å². The number of hydrogen-bond donors (Lipinski definition) is 4. The van der Waals surface area contributed by atoms with Crippen LogP contribution < -0.4 is 21.5 Å². The first-order valence-corrected chi connectivity index (χ1v) is 10.1. The van der Waals surface area contributed by atoms with Crippen molar-refractivity contribution in [3.63, 3.8) is 0 Å². The van der Waals surface area contributed by atoms with E-state index >= 15 is 0 Å². The van der Waals surface area contributed by atoms with Crippen molar-refractivity contribution in [3.05, 3.63) is 52.1 Å². The van der Waals surface area contributed by atoms with Crippen molar-refractivity contribution in [2.45, 2.75) is 18.7 Å². The summed E-state index contributed by atoms with van der Waals surface area (Å²) in [4.78, 5) is 21.0. The van der Waals surface area contributed by atoms with E-state index < -0.39 is 23.8 Å². The maximum atomic E-state index is 12.7. The lowest BCUT2D eigenvalue weighted by Crippen LogP contribution is -2.46. The van der Waals surface area contributed by atoms with Gasteiger partial charge in [-0.1, -0.05) is 28.4 Å². The van der Waals surface area contributed by atoms with Crippen LogP contribution in [0.25, 0.3) is 0 Å². The van der Waals surface area contributed by atoms with Crippen LogP contribution in [-0.2, 0) is 15.8 Å². The van der Waals surface area contributed by atoms with E-state index in [0.717, 1.165) is 6.07 Å². The number of alkyl halides is 3. The molecule has 14 heteroatoms. The van der Waals surface area contributed by atoms with Crippen LogP contribution in [0.15, 0.2) is 41.7 Å². The van der Waals surface area contributed by atoms with E-state index in [1.165, 1.54) is 0 Å². The Labute approximate surface area is 195 Å². The zero-order chi connectivity index (χ0) is 23.3. The summed E-state index contributed by atoms with van der Waals surface area (Å²) in [5.41, 5.74) is 4.74. The molecular weight excluding hydrogens is 492 g/mol. The molecule has 0 saturated heterocycles. The topological polar surface area (TPSA) is 99.7 Å². The molecule has 1 aromatic carbocycles. The van der Waals surface area contributed by atoms with Gasteiger partial charge >= 0.3 is 6.18 Å². The average molecular weight is 507 g/mol. The fourth-order valence-corrected chi connectivity index (χ4v) is 3.01. The number of aromatic nitrogens is 1. The Morgan fingerprint density at radius 2 is 1.94 bits per heavy atom. The van der Waals surface area contributed by atoms with Crippen molar-refractivity contribution in [1.29, 1.82) is 0 Å². The Bertz CT molecular complexity index is 1040. The number of nitrogens with one attached hydrogen (secondary N) is 4. The highest BCUT2D eigenvalue weighted by atomic mass is 35.5. The molecule has 0 spiro atoms. The minimum atomic E-state index is -4.54. The third-order valence-corrected chi connectivity index (χ3v) is 4.80. The molecular formula is C18H15Cl2F3N6O2S. The number of pyridine rings is 1. The summed E-state index contributed by atoms with van der Waals surface area (Å²) in [5.74, 6) is -0.500. The lowest BCUT2D eigenvalue weighted by Gasteiger charge is -2.13. The SMILES string of the molecule is O=C(NNC(=S)Nc1ccc(Cl)cc1)C1=NO[C@@H](CNc2ncc(C(F)(F)F)cc2Cl)C1. The summed E-state index contributed by atoms with van der Waals surface area (Å²) < 4.78 is 38.0. The molecule has 170 valence electrons. The van der Waals surface area contributed by atoms with Gasteiger partial charge in [-0.15, -0.1) is 0 Å². The smallest absolute Gasteiger partial charge is 0.390 e. The Kier molecular flexibility index (Phi) is 7.59. The Balaban J connectivity index is 1.42. The molecule has 0 saturated carbocycles. The van der Waals surface area contributed by atoms with Crippen LogP contribution in [0.4, 0.5) is 24.7 Å². The molecule has 1 aromatic heterocycles. The molecule has 3 rings (SSSR count). The van der Waals surface area contributed by atoms with Gasteiger partial charge in [0.15, 0.2) is 11.2 Å². The van der Waals surface area contributed by atoms with E-state index in [4.69, 9.17) is 40.3 Å². The van der Waals surface area contributed by atoms with Crippen molar-refractivity contribution in [3.8, 4) is 0 Å². The quantitative estimate of drug-likeness (QED) is 0.359. The van der Waals surface area contributed by atoms with Gasteiger partial charge in [0.1, 0.15) is 11.5 Å². The number of oxime groups is 1. The van der Waals surface area contributed by atoms with Crippen molar-refractivity contribution in [1.82, 2.24) is 15.8 Å². The van der Waals surface area contributed by atoms with Crippen LogP contribution in [0.2, 0.25) is 10.0 Å². The summed E-state index contributed by atoms with van der Waals surface area (Å²) in [6.07, 6.45) is -4.27. The monoisotopic (exact) mass is 506 g/mol. The van der Waals surface area contributed by atoms with Crippen LogP contribution in [0.3, 0.4) is 0 Å². The van der Waals surface area contributed by atoms with Gasteiger partial charge in [0, 0.05) is 23.3 Å². The van der Waals surface area contributed by atoms with E-state index in [1.54, 1.807) is 24.3 Å². The normalized spacial score (nSPS) is 15.4. The number of anilines is 2. The minimum absolute atomic E-state index is 0.0569. The number of halogens is 5. The van der Waals surface area contributed by atoms with Crippen molar-refractivity contribution in [2.75, 3.05) is 17.2 Å². The van der Waals surface area contributed by atoms with Crippen LogP contribution >= 0.6 is 35.4 Å². The Hall–Kier alpha value is -2.83. The largest absolute Gasteiger partial charge is 0.417 e. The second kappa shape index (κ2) is 10.2. The fraction of sp³-hybridized carbons (Fsp3) is 0.222. The first-order chi connectivity index (χ1) is 15.1. The first kappa shape index (κ1) is 23.8. The molecule has 2 aromatic rings. The molecule has 0 radical (unpaired) electrons. The van der Waals surface area contributed by atoms with Gasteiger partial charge in [0.2, 0.25) is 0 Å². The van der Waals surface area contributed by atoms with E-state index in [0.29, 0.717) is 16.9 Å². The predicted molar refractivity (Wildman–Crippen MR) is 119 cm³/mol. The molecule has 1 amide bonds. The highest BCUT2D eigenvalue weighted by Gasteiger charge is 2.32. The van der Waals surface area contributed by atoms with Gasteiger partial charge in [0.25, 0.3) is 5.91 Å². The lowest BCUT2D eigenvalue weighted by atomic mass is 10.1. The number of rotatable bonds is 5. The Morgan fingerprint density at radius 1 is 1.22 bits per heavy atom. The number of amides is 1. The van der Waals surface area contributed by atoms with Gasteiger partial charge in [0.05, 0.1) is 17.1 Å². The first-order valence-electron chi connectivity index (χ1n) is 8.94. The van der Waals surface area contributed by atoms with E-state index in [2.05, 4.69) is 31.6 Å². The van der Waals surface area contributed by atoms with Gasteiger partial charge in [-0.25, -0.2) is 4.98 Å². The van der Waals surface area contributed by atoms with E-state index in [9.17, 15) is 18.0 Å². The van der Waals surface area contributed by atoms with Crippen molar-refractivity contribution in [2.24, 2.45) is 5.16 Å². The Morgan fingerprint density at radius 3 is 2.59 bits per heavy atom. The molecule has 1 aliphatic rings. The lowest BCUT2D eigenvalue weighted by molar-refractivity contribution is -0.137. The second-order valence-corrected chi connectivity index (χ2v) is 7.69. The van der Waals surface area contributed by atoms with E-state index in [1.807, 2.05) is 0 Å². The highest BCUT2D eigenvalue weighted by molar-refractivity contribution is 7.80. The zero-order valence-corrected chi connectivity index (χ0v) is 18.3. The molecule has 0 aliphatic carbocycles. The van der Waals surface area contributed by atoms with Gasteiger partial charge in [-0.05, 0) is 42.5 Å². The zero-order valence-electron chi connectivity index (χ0n) is 16.0. The number of carbonyl (C=O) groups is 1. The summed E-state index contributed by atoms with van der Waals surface area (Å²) in [6.45, 7) is 0.113. The maximum absolute atomic E-state index is 12.7. The number of carbonyl (C=O) groups excluding carboxylic acids is 1. The van der Waals surface area contributed by atoms with Crippen molar-refractivity contribution < 1.29 is 22.8 Å². The number of hydrogen-bond acceptors (Lipinski definition) is 6. The average Bonchev–Trinajstić information content (AvgIpc) is 3.21. The molecule has 0 unspecified atom stereocenters. The van der Waals surface area contributed by atoms with E-state index in [-0.39, 0.29) is 34.6 Å². The molecule has 1 atom stereocenters. The molecule has 4 N–H and O–H groups in total. The number of nitrogens with zero attached hydrogens (tertiary/aromatic N) is 2. The number of benzene rings is 1. The summed E-state index contributed by atoms with van der Waals surface area (Å²) >= 11 is 16.7. The minimum Gasteiger partial charge on any atom is -0.390 e. The maximum Gasteiger partial charge on any atom is 0.417 e. The molecule has 32 heavy (non-hydrogen) atoms. The predicted octanol–water partition coefficient (Wildman–Crippen LogP) is 3.98. The second-order valence-electron chi connectivity index (χ2n) is 6.44. The molecule has 0 fully saturated rings. The summed E-state index contributed by atoms with van der Waals surface area (Å²) in [7, 11) is 0. The summed E-state index contributed by atoms with van der Waals surface area (Å²) in [6, 6.07) is 7.55. The van der Waals surface area contributed by atoms with Crippen molar-refractivity contribution >= 4 is 63.7 Å². The summed E-state index contributed by atoms with van der Waals surface area (Å²) in [5, 5.41) is 9.87. The highest BCUT2D eigenvalue weighted by Crippen LogP contribution is 2.32. The standard InChI is InChI=1S/C18H15Cl2F3N6O2S/c19-10-1-3-11(4-2-10)26-17(32)28-27-16(30)14-6-12(31-29-14)8-25-15-13(20)5-9(7-24-15)18(21,22)23/h1-5,7,12H,6,8H2,(H,24,25)(H,27,30)(H2,26,28,32)/t12-/m1/s1. The third-order valence-electron chi connectivity index (χ3n) is 4.05. The van der Waals surface area contributed by atoms with Crippen LogP contribution in [0, 0.1) is 0 Å². The van der Waals surface area contributed by atoms with Crippen LogP contribution in [0.1, 0.15) is 12.0 Å². The third kappa shape index (κ3) is 6.58. The molecule has 8 nitrogen and oxygen atoms in total. The van der Waals surface area contributed by atoms with Gasteiger partial charge in [-0.2, -0.15) is 13.2 Å². The fourth-order valence-electron chi connectivity index (χ4n) is 2.49. The van der Waals surface area contributed by atoms with Crippen LogP contribution in [-0.4, -0.2) is 34.4 Å². The number of hydrazine groups is 1. The molecule has 2 heterocycles.